The lowest BCUT2D eigenvalue weighted by molar-refractivity contribution is 1.20. The van der Waals surface area contributed by atoms with Gasteiger partial charge in [-0.3, -0.25) is 4.98 Å². The molecule has 0 fully saturated rings. The Bertz CT molecular complexity index is 1450. The van der Waals surface area contributed by atoms with Crippen LogP contribution in [0.25, 0.3) is 0 Å². The van der Waals surface area contributed by atoms with Crippen LogP contribution in [-0.4, -0.2) is 18.8 Å². The van der Waals surface area contributed by atoms with Crippen LogP contribution in [0.5, 0.6) is 0 Å². The molecular formula is C31H24N2Si. The molecular weight excluding hydrogens is 428 g/mol. The minimum absolute atomic E-state index is 0.951. The number of hydrogen-bond donors (Lipinski definition) is 0. The van der Waals surface area contributed by atoms with E-state index >= 15 is 0 Å². The summed E-state index contributed by atoms with van der Waals surface area (Å²) in [6.45, 7) is 2.09. The zero-order chi connectivity index (χ0) is 23.0. The van der Waals surface area contributed by atoms with Crippen molar-refractivity contribution in [2.75, 3.05) is 0 Å². The molecule has 0 bridgehead atoms. The molecule has 1 aromatic heterocycles. The Hall–Kier alpha value is -4.08. The van der Waals surface area contributed by atoms with E-state index in [-0.39, 0.29) is 0 Å². The monoisotopic (exact) mass is 452 g/mol. The van der Waals surface area contributed by atoms with E-state index in [1.54, 1.807) is 0 Å². The highest BCUT2D eigenvalue weighted by Crippen LogP contribution is 2.24. The Labute approximate surface area is 201 Å². The first kappa shape index (κ1) is 20.5. The van der Waals surface area contributed by atoms with Gasteiger partial charge in [-0.05, 0) is 45.9 Å². The normalized spacial score (nSPS) is 14.9. The predicted molar refractivity (Wildman–Crippen MR) is 144 cm³/mol. The van der Waals surface area contributed by atoms with E-state index < -0.39 is 8.07 Å². The molecule has 34 heavy (non-hydrogen) atoms. The molecule has 2 heterocycles. The molecule has 162 valence electrons. The summed E-state index contributed by atoms with van der Waals surface area (Å²) in [5.74, 6) is 0. The molecule has 0 radical (unpaired) electrons. The Morgan fingerprint density at radius 2 is 1.15 bits per heavy atom. The van der Waals surface area contributed by atoms with Crippen LogP contribution in [0.3, 0.4) is 0 Å². The minimum Gasteiger partial charge on any atom is -0.261 e. The van der Waals surface area contributed by atoms with Gasteiger partial charge in [-0.2, -0.15) is 0 Å². The van der Waals surface area contributed by atoms with Crippen LogP contribution in [0, 0.1) is 6.92 Å². The Morgan fingerprint density at radius 3 is 1.79 bits per heavy atom. The van der Waals surface area contributed by atoms with Gasteiger partial charge in [0.15, 0.2) is 8.07 Å². The molecule has 6 rings (SSSR count). The van der Waals surface area contributed by atoms with Crippen molar-refractivity contribution in [3.05, 3.63) is 144 Å². The zero-order valence-corrected chi connectivity index (χ0v) is 20.0. The van der Waals surface area contributed by atoms with E-state index in [9.17, 15) is 0 Å². The lowest BCUT2D eigenvalue weighted by Crippen LogP contribution is -2.78. The number of aromatic nitrogens is 1. The van der Waals surface area contributed by atoms with Gasteiger partial charge in [0.1, 0.15) is 0 Å². The summed E-state index contributed by atoms with van der Waals surface area (Å²) in [5, 5.41) is 5.48. The van der Waals surface area contributed by atoms with E-state index in [0.29, 0.717) is 0 Å². The Kier molecular flexibility index (Phi) is 5.05. The second-order valence-corrected chi connectivity index (χ2v) is 12.4. The summed E-state index contributed by atoms with van der Waals surface area (Å²) >= 11 is 0. The maximum Gasteiger partial charge on any atom is 0.181 e. The average molecular weight is 453 g/mol. The van der Waals surface area contributed by atoms with Gasteiger partial charge in [-0.25, -0.2) is 4.99 Å². The van der Waals surface area contributed by atoms with Crippen molar-refractivity contribution in [1.82, 2.24) is 4.98 Å². The highest BCUT2D eigenvalue weighted by Gasteiger charge is 2.48. The quantitative estimate of drug-likeness (QED) is 0.369. The lowest BCUT2D eigenvalue weighted by Gasteiger charge is -2.40. The first-order valence-electron chi connectivity index (χ1n) is 11.6. The van der Waals surface area contributed by atoms with E-state index in [2.05, 4.69) is 110 Å². The third kappa shape index (κ3) is 3.17. The Morgan fingerprint density at radius 1 is 0.588 bits per heavy atom. The first-order chi connectivity index (χ1) is 16.8. The van der Waals surface area contributed by atoms with Crippen molar-refractivity contribution in [3.8, 4) is 0 Å². The van der Waals surface area contributed by atoms with E-state index in [1.807, 2.05) is 24.4 Å². The highest BCUT2D eigenvalue weighted by molar-refractivity contribution is 7.21. The topological polar surface area (TPSA) is 25.2 Å². The van der Waals surface area contributed by atoms with E-state index in [4.69, 9.17) is 9.98 Å². The summed E-state index contributed by atoms with van der Waals surface area (Å²) in [6.07, 6.45) is 2.04. The summed E-state index contributed by atoms with van der Waals surface area (Å²) in [7, 11) is -2.59. The lowest BCUT2D eigenvalue weighted by atomic mass is 10.0. The standard InChI is InChI=1S/C31H24N2Si/c1-23-21-30-28(22-32-23)31(33-24-13-5-2-6-14-24)27-19-11-12-20-29(27)34(30,25-15-7-3-8-16-25)26-17-9-4-10-18-26/h2-22H,1H3. The molecule has 3 heteroatoms. The molecule has 5 aromatic rings. The van der Waals surface area contributed by atoms with Crippen LogP contribution in [0.4, 0.5) is 5.69 Å². The molecule has 1 aliphatic heterocycles. The molecule has 2 nitrogen and oxygen atoms in total. The fourth-order valence-electron chi connectivity index (χ4n) is 5.28. The molecule has 0 atom stereocenters. The van der Waals surface area contributed by atoms with Crippen LogP contribution in [-0.2, 0) is 0 Å². The fourth-order valence-corrected chi connectivity index (χ4v) is 10.5. The van der Waals surface area contributed by atoms with Gasteiger partial charge in [-0.1, -0.05) is 103 Å². The number of hydrogen-bond acceptors (Lipinski definition) is 2. The van der Waals surface area contributed by atoms with Gasteiger partial charge in [0.05, 0.1) is 11.4 Å². The number of aliphatic imine (C=N–C) groups is 1. The molecule has 0 N–H and O–H groups in total. The van der Waals surface area contributed by atoms with Crippen LogP contribution in [0.2, 0.25) is 0 Å². The maximum absolute atomic E-state index is 5.18. The maximum atomic E-state index is 5.18. The largest absolute Gasteiger partial charge is 0.261 e. The summed E-state index contributed by atoms with van der Waals surface area (Å²) in [4.78, 5) is 9.93. The number of para-hydroxylation sites is 1. The van der Waals surface area contributed by atoms with E-state index in [1.165, 1.54) is 26.3 Å². The molecule has 0 amide bonds. The number of fused-ring (bicyclic) bond motifs is 2. The average Bonchev–Trinajstić information content (AvgIpc) is 2.90. The summed E-state index contributed by atoms with van der Waals surface area (Å²) in [6, 6.07) is 43.4. The number of benzene rings is 4. The van der Waals surface area contributed by atoms with E-state index in [0.717, 1.165) is 22.7 Å². The second-order valence-electron chi connectivity index (χ2n) is 8.69. The van der Waals surface area contributed by atoms with Crippen LogP contribution < -0.4 is 20.7 Å². The van der Waals surface area contributed by atoms with Crippen molar-refractivity contribution >= 4 is 40.2 Å². The number of rotatable bonds is 3. The third-order valence-electron chi connectivity index (χ3n) is 6.70. The van der Waals surface area contributed by atoms with Crippen LogP contribution in [0.15, 0.2) is 133 Å². The van der Waals surface area contributed by atoms with Gasteiger partial charge in [0.2, 0.25) is 0 Å². The smallest absolute Gasteiger partial charge is 0.181 e. The third-order valence-corrected chi connectivity index (χ3v) is 11.6. The van der Waals surface area contributed by atoms with Crippen molar-refractivity contribution in [2.45, 2.75) is 6.92 Å². The van der Waals surface area contributed by atoms with Gasteiger partial charge in [0.25, 0.3) is 0 Å². The summed E-state index contributed by atoms with van der Waals surface area (Å²) < 4.78 is 0. The second kappa shape index (κ2) is 8.36. The van der Waals surface area contributed by atoms with Crippen molar-refractivity contribution < 1.29 is 0 Å². The van der Waals surface area contributed by atoms with Gasteiger partial charge in [0, 0.05) is 23.0 Å². The number of pyridine rings is 1. The van der Waals surface area contributed by atoms with Crippen LogP contribution >= 0.6 is 0 Å². The number of aryl methyl sites for hydroxylation is 1. The zero-order valence-electron chi connectivity index (χ0n) is 19.0. The molecule has 0 spiro atoms. The molecule has 1 aliphatic rings. The Balaban J connectivity index is 1.78. The van der Waals surface area contributed by atoms with Crippen LogP contribution in [0.1, 0.15) is 16.8 Å². The molecule has 0 unspecified atom stereocenters. The molecule has 0 saturated heterocycles. The highest BCUT2D eigenvalue weighted by atomic mass is 28.3. The van der Waals surface area contributed by atoms with Crippen molar-refractivity contribution in [2.24, 2.45) is 4.99 Å². The van der Waals surface area contributed by atoms with Gasteiger partial charge in [-0.15, -0.1) is 0 Å². The SMILES string of the molecule is Cc1cc2c(cn1)C(=Nc1ccccc1)c1ccccc1[Si]2(c1ccccc1)c1ccccc1. The minimum atomic E-state index is -2.59. The number of nitrogens with zero attached hydrogens (tertiary/aromatic N) is 2. The van der Waals surface area contributed by atoms with Crippen molar-refractivity contribution in [3.63, 3.8) is 0 Å². The summed E-state index contributed by atoms with van der Waals surface area (Å²) in [5.41, 5.74) is 5.31. The predicted octanol–water partition coefficient (Wildman–Crippen LogP) is 4.25. The first-order valence-corrected chi connectivity index (χ1v) is 13.6. The van der Waals surface area contributed by atoms with Gasteiger partial charge < -0.3 is 0 Å². The van der Waals surface area contributed by atoms with Gasteiger partial charge >= 0.3 is 0 Å². The molecule has 0 saturated carbocycles. The fraction of sp³-hybridized carbons (Fsp3) is 0.0323. The molecule has 0 aliphatic carbocycles. The molecule has 4 aromatic carbocycles. The van der Waals surface area contributed by atoms with Crippen molar-refractivity contribution in [1.29, 1.82) is 0 Å².